The Balaban J connectivity index is 1.73. The predicted molar refractivity (Wildman–Crippen MR) is 83.2 cm³/mol. The highest BCUT2D eigenvalue weighted by molar-refractivity contribution is 5.37. The molecule has 116 valence electrons. The van der Waals surface area contributed by atoms with Crippen LogP contribution in [0, 0.1) is 5.92 Å². The van der Waals surface area contributed by atoms with E-state index in [2.05, 4.69) is 30.5 Å². The highest BCUT2D eigenvalue weighted by Crippen LogP contribution is 2.38. The Labute approximate surface area is 127 Å². The van der Waals surface area contributed by atoms with E-state index < -0.39 is 0 Å². The Kier molecular flexibility index (Phi) is 4.78. The fraction of sp³-hybridized carbons (Fsp3) is 0.647. The number of ether oxygens (including phenoxy) is 2. The molecule has 1 fully saturated rings. The number of hydrogen-bond donors (Lipinski definition) is 2. The van der Waals surface area contributed by atoms with E-state index in [1.54, 1.807) is 0 Å². The second-order valence-electron chi connectivity index (χ2n) is 6.15. The summed E-state index contributed by atoms with van der Waals surface area (Å²) in [5.41, 5.74) is 4.40. The lowest BCUT2D eigenvalue weighted by Crippen LogP contribution is -2.45. The number of hydrazine groups is 1. The first kappa shape index (κ1) is 14.8. The second-order valence-corrected chi connectivity index (χ2v) is 6.15. The van der Waals surface area contributed by atoms with E-state index in [4.69, 9.17) is 15.3 Å². The topological polar surface area (TPSA) is 56.5 Å². The van der Waals surface area contributed by atoms with Gasteiger partial charge in [0.15, 0.2) is 0 Å². The summed E-state index contributed by atoms with van der Waals surface area (Å²) in [6.45, 7) is 3.86. The highest BCUT2D eigenvalue weighted by Gasteiger charge is 2.35. The van der Waals surface area contributed by atoms with Gasteiger partial charge in [0.2, 0.25) is 0 Å². The molecular formula is C17H26N2O2. The van der Waals surface area contributed by atoms with Crippen molar-refractivity contribution < 1.29 is 9.47 Å². The van der Waals surface area contributed by atoms with E-state index in [0.717, 1.165) is 44.6 Å². The monoisotopic (exact) mass is 290 g/mol. The van der Waals surface area contributed by atoms with Crippen LogP contribution in [0.1, 0.15) is 44.1 Å². The minimum Gasteiger partial charge on any atom is -0.493 e. The second kappa shape index (κ2) is 6.77. The van der Waals surface area contributed by atoms with E-state index in [-0.39, 0.29) is 0 Å². The van der Waals surface area contributed by atoms with Gasteiger partial charge in [0.1, 0.15) is 5.75 Å². The maximum atomic E-state index is 5.87. The van der Waals surface area contributed by atoms with Crippen molar-refractivity contribution in [1.82, 2.24) is 5.43 Å². The third-order valence-corrected chi connectivity index (χ3v) is 5.02. The molecule has 0 aromatic heterocycles. The van der Waals surface area contributed by atoms with Crippen LogP contribution in [0.2, 0.25) is 0 Å². The lowest BCUT2D eigenvalue weighted by molar-refractivity contribution is 0.0748. The van der Waals surface area contributed by atoms with Gasteiger partial charge in [0.05, 0.1) is 12.7 Å². The van der Waals surface area contributed by atoms with Gasteiger partial charge in [-0.2, -0.15) is 0 Å². The summed E-state index contributed by atoms with van der Waals surface area (Å²) in [4.78, 5) is 0. The summed E-state index contributed by atoms with van der Waals surface area (Å²) in [6.07, 6.45) is 4.65. The molecule has 1 saturated heterocycles. The SMILES string of the molecule is CCC1OCCC1C(CC1CCOc2ccccc21)NN. The summed E-state index contributed by atoms with van der Waals surface area (Å²) < 4.78 is 11.6. The molecule has 3 rings (SSSR count). The van der Waals surface area contributed by atoms with E-state index in [1.807, 2.05) is 6.07 Å². The van der Waals surface area contributed by atoms with E-state index in [0.29, 0.717) is 24.0 Å². The molecule has 4 atom stereocenters. The smallest absolute Gasteiger partial charge is 0.122 e. The quantitative estimate of drug-likeness (QED) is 0.646. The van der Waals surface area contributed by atoms with Gasteiger partial charge >= 0.3 is 0 Å². The Hall–Kier alpha value is -1.10. The molecule has 0 radical (unpaired) electrons. The molecule has 2 aliphatic heterocycles. The zero-order valence-corrected chi connectivity index (χ0v) is 12.8. The fourth-order valence-corrected chi connectivity index (χ4v) is 3.88. The van der Waals surface area contributed by atoms with E-state index in [1.165, 1.54) is 5.56 Å². The summed E-state index contributed by atoms with van der Waals surface area (Å²) in [5, 5.41) is 0. The standard InChI is InChI=1S/C17H26N2O2/c1-2-16-14(8-10-20-16)15(19-18)11-12-7-9-21-17-6-4-3-5-13(12)17/h3-6,12,14-16,19H,2,7-11,18H2,1H3. The number of rotatable bonds is 5. The maximum Gasteiger partial charge on any atom is 0.122 e. The Bertz CT molecular complexity index is 466. The van der Waals surface area contributed by atoms with Crippen LogP contribution >= 0.6 is 0 Å². The number of nitrogens with one attached hydrogen (secondary N) is 1. The van der Waals surface area contributed by atoms with Crippen LogP contribution in [0.4, 0.5) is 0 Å². The molecule has 21 heavy (non-hydrogen) atoms. The van der Waals surface area contributed by atoms with E-state index in [9.17, 15) is 0 Å². The van der Waals surface area contributed by atoms with Crippen LogP contribution in [0.15, 0.2) is 24.3 Å². The number of benzene rings is 1. The molecule has 1 aromatic carbocycles. The van der Waals surface area contributed by atoms with Crippen LogP contribution < -0.4 is 16.0 Å². The van der Waals surface area contributed by atoms with Crippen molar-refractivity contribution in [1.29, 1.82) is 0 Å². The molecule has 0 bridgehead atoms. The average Bonchev–Trinajstić information content (AvgIpc) is 3.01. The third-order valence-electron chi connectivity index (χ3n) is 5.02. The van der Waals surface area contributed by atoms with Crippen molar-refractivity contribution in [2.45, 2.75) is 50.7 Å². The molecule has 1 aromatic rings. The molecule has 3 N–H and O–H groups in total. The van der Waals surface area contributed by atoms with Crippen LogP contribution in [-0.2, 0) is 4.74 Å². The molecule has 4 nitrogen and oxygen atoms in total. The fourth-order valence-electron chi connectivity index (χ4n) is 3.88. The Morgan fingerprint density at radius 2 is 2.14 bits per heavy atom. The van der Waals surface area contributed by atoms with Crippen molar-refractivity contribution in [3.05, 3.63) is 29.8 Å². The van der Waals surface area contributed by atoms with Gasteiger partial charge in [0.25, 0.3) is 0 Å². The molecule has 0 spiro atoms. The normalized spacial score (nSPS) is 29.7. The average molecular weight is 290 g/mol. The first-order valence-electron chi connectivity index (χ1n) is 8.13. The molecule has 4 heteroatoms. The number of nitrogens with two attached hydrogens (primary N) is 1. The number of para-hydroxylation sites is 1. The highest BCUT2D eigenvalue weighted by atomic mass is 16.5. The van der Waals surface area contributed by atoms with Crippen LogP contribution in [0.25, 0.3) is 0 Å². The number of hydrogen-bond acceptors (Lipinski definition) is 4. The lowest BCUT2D eigenvalue weighted by Gasteiger charge is -2.32. The summed E-state index contributed by atoms with van der Waals surface area (Å²) in [7, 11) is 0. The molecule has 0 aliphatic carbocycles. The first-order valence-corrected chi connectivity index (χ1v) is 8.13. The van der Waals surface area contributed by atoms with Crippen molar-refractivity contribution in [3.8, 4) is 5.75 Å². The zero-order valence-electron chi connectivity index (χ0n) is 12.8. The predicted octanol–water partition coefficient (Wildman–Crippen LogP) is 2.59. The summed E-state index contributed by atoms with van der Waals surface area (Å²) in [5.74, 6) is 7.96. The van der Waals surface area contributed by atoms with Gasteiger partial charge in [-0.15, -0.1) is 0 Å². The molecule has 2 heterocycles. The van der Waals surface area contributed by atoms with Crippen molar-refractivity contribution in [2.75, 3.05) is 13.2 Å². The molecule has 0 amide bonds. The molecule has 4 unspecified atom stereocenters. The van der Waals surface area contributed by atoms with Crippen LogP contribution in [-0.4, -0.2) is 25.4 Å². The van der Waals surface area contributed by atoms with E-state index >= 15 is 0 Å². The Morgan fingerprint density at radius 3 is 2.95 bits per heavy atom. The van der Waals surface area contributed by atoms with Crippen LogP contribution in [0.5, 0.6) is 5.75 Å². The maximum absolute atomic E-state index is 5.87. The van der Waals surface area contributed by atoms with Gasteiger partial charge in [-0.3, -0.25) is 11.3 Å². The molecular weight excluding hydrogens is 264 g/mol. The van der Waals surface area contributed by atoms with Crippen LogP contribution in [0.3, 0.4) is 0 Å². The summed E-state index contributed by atoms with van der Waals surface area (Å²) in [6, 6.07) is 8.71. The van der Waals surface area contributed by atoms with Gasteiger partial charge in [-0.25, -0.2) is 0 Å². The van der Waals surface area contributed by atoms with Gasteiger partial charge < -0.3 is 9.47 Å². The third kappa shape index (κ3) is 3.07. The van der Waals surface area contributed by atoms with Gasteiger partial charge in [-0.1, -0.05) is 25.1 Å². The largest absolute Gasteiger partial charge is 0.493 e. The van der Waals surface area contributed by atoms with Crippen molar-refractivity contribution in [2.24, 2.45) is 11.8 Å². The minimum absolute atomic E-state index is 0.314. The van der Waals surface area contributed by atoms with Gasteiger partial charge in [-0.05, 0) is 43.2 Å². The van der Waals surface area contributed by atoms with Crippen molar-refractivity contribution in [3.63, 3.8) is 0 Å². The van der Waals surface area contributed by atoms with Gasteiger partial charge in [0, 0.05) is 18.6 Å². The summed E-state index contributed by atoms with van der Waals surface area (Å²) >= 11 is 0. The molecule has 2 aliphatic rings. The Morgan fingerprint density at radius 1 is 1.29 bits per heavy atom. The minimum atomic E-state index is 0.314. The first-order chi connectivity index (χ1) is 10.3. The van der Waals surface area contributed by atoms with Crippen molar-refractivity contribution >= 4 is 0 Å². The molecule has 0 saturated carbocycles. The number of fused-ring (bicyclic) bond motifs is 1. The zero-order chi connectivity index (χ0) is 14.7. The lowest BCUT2D eigenvalue weighted by atomic mass is 9.81.